The summed E-state index contributed by atoms with van der Waals surface area (Å²) in [6.45, 7) is 3.98. The van der Waals surface area contributed by atoms with E-state index in [-0.39, 0.29) is 0 Å². The molecule has 0 unspecified atom stereocenters. The summed E-state index contributed by atoms with van der Waals surface area (Å²) in [5.41, 5.74) is 2.07. The van der Waals surface area contributed by atoms with Gasteiger partial charge in [0.05, 0.1) is 10.2 Å². The molecule has 0 amide bonds. The van der Waals surface area contributed by atoms with E-state index in [0.29, 0.717) is 5.88 Å². The number of halogens is 1. The van der Waals surface area contributed by atoms with Gasteiger partial charge in [0.1, 0.15) is 5.75 Å². The Morgan fingerprint density at radius 3 is 2.45 bits per heavy atom. The van der Waals surface area contributed by atoms with Crippen LogP contribution in [0, 0.1) is 13.8 Å². The van der Waals surface area contributed by atoms with Crippen molar-refractivity contribution in [1.29, 1.82) is 0 Å². The molecular weight excluding hydrogens is 316 g/mol. The van der Waals surface area contributed by atoms with Crippen molar-refractivity contribution in [1.82, 2.24) is 10.2 Å². The second-order valence-electron chi connectivity index (χ2n) is 4.67. The van der Waals surface area contributed by atoms with Crippen molar-refractivity contribution < 1.29 is 4.74 Å². The molecule has 0 bridgehead atoms. The Bertz CT molecular complexity index is 787. The summed E-state index contributed by atoms with van der Waals surface area (Å²) in [5.74, 6) is 1.26. The average Bonchev–Trinajstić information content (AvgIpc) is 2.45. The van der Waals surface area contributed by atoms with Crippen LogP contribution in [0.3, 0.4) is 0 Å². The number of hydrogen-bond acceptors (Lipinski definition) is 3. The van der Waals surface area contributed by atoms with Crippen molar-refractivity contribution >= 4 is 26.7 Å². The molecule has 2 aromatic carbocycles. The van der Waals surface area contributed by atoms with E-state index in [1.807, 2.05) is 56.3 Å². The number of hydrogen-bond donors (Lipinski definition) is 0. The van der Waals surface area contributed by atoms with Gasteiger partial charge in [0.2, 0.25) is 5.88 Å². The predicted molar refractivity (Wildman–Crippen MR) is 83.2 cm³/mol. The van der Waals surface area contributed by atoms with Gasteiger partial charge in [0.25, 0.3) is 0 Å². The molecule has 0 N–H and O–H groups in total. The average molecular weight is 329 g/mol. The highest BCUT2D eigenvalue weighted by Gasteiger charge is 2.10. The molecular formula is C16H13BrN2O. The quantitative estimate of drug-likeness (QED) is 0.677. The molecule has 3 rings (SSSR count). The van der Waals surface area contributed by atoms with Gasteiger partial charge in [-0.2, -0.15) is 5.10 Å². The van der Waals surface area contributed by atoms with Crippen LogP contribution in [0.25, 0.3) is 10.8 Å². The fraction of sp³-hybridized carbons (Fsp3) is 0.125. The molecule has 20 heavy (non-hydrogen) atoms. The smallest absolute Gasteiger partial charge is 0.246 e. The van der Waals surface area contributed by atoms with Crippen LogP contribution < -0.4 is 4.74 Å². The Morgan fingerprint density at radius 2 is 1.70 bits per heavy atom. The van der Waals surface area contributed by atoms with E-state index in [9.17, 15) is 0 Å². The summed E-state index contributed by atoms with van der Waals surface area (Å²) < 4.78 is 6.82. The zero-order valence-electron chi connectivity index (χ0n) is 11.2. The van der Waals surface area contributed by atoms with Gasteiger partial charge in [-0.05, 0) is 53.5 Å². The van der Waals surface area contributed by atoms with Crippen molar-refractivity contribution in [2.75, 3.05) is 0 Å². The lowest BCUT2D eigenvalue weighted by atomic mass is 10.1. The second kappa shape index (κ2) is 5.21. The summed E-state index contributed by atoms with van der Waals surface area (Å²) in [4.78, 5) is 0. The zero-order chi connectivity index (χ0) is 14.1. The molecule has 1 heterocycles. The molecule has 3 aromatic rings. The fourth-order valence-corrected chi connectivity index (χ4v) is 2.66. The third kappa shape index (κ3) is 2.39. The van der Waals surface area contributed by atoms with Crippen molar-refractivity contribution in [2.45, 2.75) is 13.8 Å². The standard InChI is InChI=1S/C16H13BrN2O/c1-10-7-8-15(14(17)9-10)20-16-13-6-4-3-5-12(13)11(2)18-19-16/h3-9H,1-2H3. The minimum atomic E-state index is 0.524. The Kier molecular flexibility index (Phi) is 3.40. The van der Waals surface area contributed by atoms with Gasteiger partial charge < -0.3 is 4.74 Å². The molecule has 100 valence electrons. The maximum atomic E-state index is 5.91. The number of nitrogens with zero attached hydrogens (tertiary/aromatic N) is 2. The molecule has 3 nitrogen and oxygen atoms in total. The molecule has 4 heteroatoms. The number of benzene rings is 2. The summed E-state index contributed by atoms with van der Waals surface area (Å²) in [6.07, 6.45) is 0. The second-order valence-corrected chi connectivity index (χ2v) is 5.53. The molecule has 0 radical (unpaired) electrons. The topological polar surface area (TPSA) is 35.0 Å². The molecule has 0 aliphatic rings. The van der Waals surface area contributed by atoms with E-state index in [1.165, 1.54) is 5.56 Å². The summed E-state index contributed by atoms with van der Waals surface area (Å²) in [6, 6.07) is 13.9. The first-order valence-corrected chi connectivity index (χ1v) is 7.10. The first-order valence-electron chi connectivity index (χ1n) is 6.31. The van der Waals surface area contributed by atoms with Gasteiger partial charge in [-0.1, -0.05) is 24.3 Å². The highest BCUT2D eigenvalue weighted by atomic mass is 79.9. The highest BCUT2D eigenvalue weighted by molar-refractivity contribution is 9.10. The van der Waals surface area contributed by atoms with E-state index >= 15 is 0 Å². The maximum Gasteiger partial charge on any atom is 0.246 e. The van der Waals surface area contributed by atoms with Gasteiger partial charge in [0, 0.05) is 10.8 Å². The number of aryl methyl sites for hydroxylation is 2. The fourth-order valence-electron chi connectivity index (χ4n) is 2.08. The van der Waals surface area contributed by atoms with Gasteiger partial charge in [-0.25, -0.2) is 0 Å². The van der Waals surface area contributed by atoms with Crippen LogP contribution in [0.15, 0.2) is 46.9 Å². The molecule has 0 saturated carbocycles. The van der Waals surface area contributed by atoms with Crippen LogP contribution in [0.5, 0.6) is 11.6 Å². The first kappa shape index (κ1) is 13.1. The minimum Gasteiger partial charge on any atom is -0.436 e. The minimum absolute atomic E-state index is 0.524. The Balaban J connectivity index is 2.09. The molecule has 0 spiro atoms. The first-order chi connectivity index (χ1) is 9.65. The molecule has 0 atom stereocenters. The number of rotatable bonds is 2. The van der Waals surface area contributed by atoms with E-state index in [4.69, 9.17) is 4.74 Å². The Hall–Kier alpha value is -1.94. The van der Waals surface area contributed by atoms with Gasteiger partial charge >= 0.3 is 0 Å². The third-order valence-corrected chi connectivity index (χ3v) is 3.75. The van der Waals surface area contributed by atoms with Gasteiger partial charge in [-0.15, -0.1) is 5.10 Å². The molecule has 0 aliphatic heterocycles. The normalized spacial score (nSPS) is 10.8. The van der Waals surface area contributed by atoms with Crippen LogP contribution >= 0.6 is 15.9 Å². The maximum absolute atomic E-state index is 5.91. The van der Waals surface area contributed by atoms with Crippen molar-refractivity contribution in [3.63, 3.8) is 0 Å². The lowest BCUT2D eigenvalue weighted by molar-refractivity contribution is 0.458. The largest absolute Gasteiger partial charge is 0.436 e. The lowest BCUT2D eigenvalue weighted by Crippen LogP contribution is -1.95. The SMILES string of the molecule is Cc1ccc(Oc2nnc(C)c3ccccc23)c(Br)c1. The number of ether oxygens (including phenoxy) is 1. The highest BCUT2D eigenvalue weighted by Crippen LogP contribution is 2.33. The monoisotopic (exact) mass is 328 g/mol. The summed E-state index contributed by atoms with van der Waals surface area (Å²) >= 11 is 3.51. The van der Waals surface area contributed by atoms with Gasteiger partial charge in [0.15, 0.2) is 0 Å². The predicted octanol–water partition coefficient (Wildman–Crippen LogP) is 4.80. The zero-order valence-corrected chi connectivity index (χ0v) is 12.8. The van der Waals surface area contributed by atoms with E-state index in [1.54, 1.807) is 0 Å². The van der Waals surface area contributed by atoms with Crippen LogP contribution in [0.2, 0.25) is 0 Å². The van der Waals surface area contributed by atoms with Crippen molar-refractivity contribution in [3.8, 4) is 11.6 Å². The molecule has 0 aliphatic carbocycles. The summed E-state index contributed by atoms with van der Waals surface area (Å²) in [7, 11) is 0. The third-order valence-electron chi connectivity index (χ3n) is 3.13. The van der Waals surface area contributed by atoms with Crippen molar-refractivity contribution in [2.24, 2.45) is 0 Å². The Labute approximate surface area is 125 Å². The Morgan fingerprint density at radius 1 is 0.950 bits per heavy atom. The lowest BCUT2D eigenvalue weighted by Gasteiger charge is -2.10. The van der Waals surface area contributed by atoms with Crippen molar-refractivity contribution in [3.05, 3.63) is 58.2 Å². The molecule has 0 saturated heterocycles. The van der Waals surface area contributed by atoms with Crippen LogP contribution in [-0.2, 0) is 0 Å². The summed E-state index contributed by atoms with van der Waals surface area (Å²) in [5, 5.41) is 10.4. The van der Waals surface area contributed by atoms with E-state index in [0.717, 1.165) is 26.7 Å². The van der Waals surface area contributed by atoms with Gasteiger partial charge in [-0.3, -0.25) is 0 Å². The van der Waals surface area contributed by atoms with Crippen LogP contribution in [0.1, 0.15) is 11.3 Å². The van der Waals surface area contributed by atoms with Crippen LogP contribution in [-0.4, -0.2) is 10.2 Å². The van der Waals surface area contributed by atoms with E-state index < -0.39 is 0 Å². The molecule has 0 fully saturated rings. The number of aromatic nitrogens is 2. The van der Waals surface area contributed by atoms with Crippen LogP contribution in [0.4, 0.5) is 0 Å². The van der Waals surface area contributed by atoms with E-state index in [2.05, 4.69) is 26.1 Å². The number of fused-ring (bicyclic) bond motifs is 1. The molecule has 1 aromatic heterocycles.